The fourth-order valence-electron chi connectivity index (χ4n) is 3.21. The van der Waals surface area contributed by atoms with E-state index in [2.05, 4.69) is 15.5 Å². The van der Waals surface area contributed by atoms with Crippen LogP contribution in [0.15, 0.2) is 24.3 Å². The Morgan fingerprint density at radius 3 is 2.59 bits per heavy atom. The molecule has 0 radical (unpaired) electrons. The van der Waals surface area contributed by atoms with Gasteiger partial charge in [0.1, 0.15) is 5.69 Å². The van der Waals surface area contributed by atoms with Gasteiger partial charge in [-0.15, -0.1) is 12.4 Å². The molecule has 2 aliphatic heterocycles. The standard InChI is InChI=1S/C14H18N4O3.ClH/c19-14(9-17-7-10-5-15-6-11(10)8-17)16-12-3-1-2-4-13(12)18(20)21;/h1-4,10-11,15H,5-9H2,(H,16,19);1H/t10-,11+;. The molecule has 0 saturated carbocycles. The Morgan fingerprint density at radius 2 is 1.95 bits per heavy atom. The number of nitro benzene ring substituents is 1. The van der Waals surface area contributed by atoms with Crippen molar-refractivity contribution in [1.29, 1.82) is 0 Å². The molecule has 7 nitrogen and oxygen atoms in total. The average Bonchev–Trinajstić information content (AvgIpc) is 2.99. The molecule has 2 aliphatic rings. The molecule has 120 valence electrons. The van der Waals surface area contributed by atoms with Crippen molar-refractivity contribution in [2.45, 2.75) is 0 Å². The lowest BCUT2D eigenvalue weighted by atomic mass is 10.0. The van der Waals surface area contributed by atoms with Gasteiger partial charge in [-0.25, -0.2) is 0 Å². The summed E-state index contributed by atoms with van der Waals surface area (Å²) >= 11 is 0. The Labute approximate surface area is 134 Å². The Hall–Kier alpha value is -1.70. The molecule has 0 spiro atoms. The molecular weight excluding hydrogens is 308 g/mol. The predicted octanol–water partition coefficient (Wildman–Crippen LogP) is 1.11. The maximum atomic E-state index is 12.1. The predicted molar refractivity (Wildman–Crippen MR) is 85.3 cm³/mol. The van der Waals surface area contributed by atoms with Crippen molar-refractivity contribution in [2.24, 2.45) is 11.8 Å². The summed E-state index contributed by atoms with van der Waals surface area (Å²) in [4.78, 5) is 24.6. The van der Waals surface area contributed by atoms with Crippen molar-refractivity contribution in [3.63, 3.8) is 0 Å². The van der Waals surface area contributed by atoms with Crippen LogP contribution < -0.4 is 10.6 Å². The van der Waals surface area contributed by atoms with Crippen LogP contribution in [0.4, 0.5) is 11.4 Å². The Kier molecular flexibility index (Phi) is 5.33. The first kappa shape index (κ1) is 16.7. The average molecular weight is 327 g/mol. The second-order valence-corrected chi connectivity index (χ2v) is 5.69. The summed E-state index contributed by atoms with van der Waals surface area (Å²) in [6.07, 6.45) is 0. The van der Waals surface area contributed by atoms with Crippen molar-refractivity contribution < 1.29 is 9.72 Å². The monoisotopic (exact) mass is 326 g/mol. The Morgan fingerprint density at radius 1 is 1.32 bits per heavy atom. The van der Waals surface area contributed by atoms with Crippen LogP contribution in [0.25, 0.3) is 0 Å². The van der Waals surface area contributed by atoms with Crippen LogP contribution in [0.5, 0.6) is 0 Å². The SMILES string of the molecule is Cl.O=C(CN1C[C@H]2CNC[C@H]2C1)Nc1ccccc1[N+](=O)[O-]. The van der Waals surface area contributed by atoms with Gasteiger partial charge in [0.05, 0.1) is 11.5 Å². The van der Waals surface area contributed by atoms with Gasteiger partial charge in [-0.2, -0.15) is 0 Å². The fraction of sp³-hybridized carbons (Fsp3) is 0.500. The van der Waals surface area contributed by atoms with Crippen molar-refractivity contribution in [1.82, 2.24) is 10.2 Å². The molecule has 0 aliphatic carbocycles. The zero-order chi connectivity index (χ0) is 14.8. The van der Waals surface area contributed by atoms with Crippen LogP contribution in [0.1, 0.15) is 0 Å². The summed E-state index contributed by atoms with van der Waals surface area (Å²) in [5.41, 5.74) is 0.182. The van der Waals surface area contributed by atoms with Crippen molar-refractivity contribution in [2.75, 3.05) is 38.0 Å². The summed E-state index contributed by atoms with van der Waals surface area (Å²) in [7, 11) is 0. The molecule has 2 saturated heterocycles. The number of nitrogens with zero attached hydrogens (tertiary/aromatic N) is 2. The van der Waals surface area contributed by atoms with Gasteiger partial charge in [0, 0.05) is 19.2 Å². The largest absolute Gasteiger partial charge is 0.319 e. The molecule has 2 fully saturated rings. The van der Waals surface area contributed by atoms with Crippen molar-refractivity contribution >= 4 is 29.7 Å². The highest BCUT2D eigenvalue weighted by molar-refractivity contribution is 5.94. The first-order valence-corrected chi connectivity index (χ1v) is 7.10. The number of nitro groups is 1. The third kappa shape index (κ3) is 3.55. The van der Waals surface area contributed by atoms with E-state index in [1.54, 1.807) is 18.2 Å². The highest BCUT2D eigenvalue weighted by Crippen LogP contribution is 2.26. The third-order valence-corrected chi connectivity index (χ3v) is 4.21. The highest BCUT2D eigenvalue weighted by Gasteiger charge is 2.36. The number of likely N-dealkylation sites (tertiary alicyclic amines) is 1. The lowest BCUT2D eigenvalue weighted by Crippen LogP contribution is -2.33. The number of carbonyl (C=O) groups excluding carboxylic acids is 1. The van der Waals surface area contributed by atoms with Crippen molar-refractivity contribution in [3.8, 4) is 0 Å². The van der Waals surface area contributed by atoms with Crippen molar-refractivity contribution in [3.05, 3.63) is 34.4 Å². The molecule has 0 unspecified atom stereocenters. The molecule has 0 aromatic heterocycles. The van der Waals surface area contributed by atoms with Gasteiger partial charge in [0.2, 0.25) is 5.91 Å². The van der Waals surface area contributed by atoms with Gasteiger partial charge in [-0.3, -0.25) is 19.8 Å². The van der Waals surface area contributed by atoms with E-state index in [1.165, 1.54) is 6.07 Å². The number of hydrogen-bond donors (Lipinski definition) is 2. The number of amides is 1. The number of nitrogens with one attached hydrogen (secondary N) is 2. The smallest absolute Gasteiger partial charge is 0.292 e. The van der Waals surface area contributed by atoms with Crippen LogP contribution in [0.2, 0.25) is 0 Å². The molecule has 22 heavy (non-hydrogen) atoms. The number of rotatable bonds is 4. The molecule has 2 heterocycles. The second kappa shape index (κ2) is 7.04. The first-order valence-electron chi connectivity index (χ1n) is 7.10. The fourth-order valence-corrected chi connectivity index (χ4v) is 3.21. The van der Waals surface area contributed by atoms with E-state index in [-0.39, 0.29) is 29.7 Å². The third-order valence-electron chi connectivity index (χ3n) is 4.21. The van der Waals surface area contributed by atoms with E-state index in [1.807, 2.05) is 0 Å². The molecule has 1 amide bonds. The van der Waals surface area contributed by atoms with Crippen LogP contribution in [0.3, 0.4) is 0 Å². The second-order valence-electron chi connectivity index (χ2n) is 5.69. The summed E-state index contributed by atoms with van der Waals surface area (Å²) < 4.78 is 0. The summed E-state index contributed by atoms with van der Waals surface area (Å²) in [5, 5.41) is 16.9. The van der Waals surface area contributed by atoms with E-state index >= 15 is 0 Å². The number of halogens is 1. The van der Waals surface area contributed by atoms with Gasteiger partial charge in [0.15, 0.2) is 0 Å². The van der Waals surface area contributed by atoms with E-state index in [9.17, 15) is 14.9 Å². The van der Waals surface area contributed by atoms with E-state index in [0.29, 0.717) is 18.4 Å². The topological polar surface area (TPSA) is 87.5 Å². The first-order chi connectivity index (χ1) is 10.1. The maximum Gasteiger partial charge on any atom is 0.292 e. The molecular formula is C14H19ClN4O3. The number of carbonyl (C=O) groups is 1. The zero-order valence-corrected chi connectivity index (χ0v) is 12.8. The van der Waals surface area contributed by atoms with E-state index < -0.39 is 4.92 Å². The number of para-hydroxylation sites is 2. The molecule has 0 bridgehead atoms. The number of anilines is 1. The summed E-state index contributed by atoms with van der Waals surface area (Å²) in [6.45, 7) is 4.17. The summed E-state index contributed by atoms with van der Waals surface area (Å²) in [5.74, 6) is 1.06. The van der Waals surface area contributed by atoms with Gasteiger partial charge in [-0.05, 0) is 31.0 Å². The van der Waals surface area contributed by atoms with Gasteiger partial charge >= 0.3 is 0 Å². The molecule has 8 heteroatoms. The van der Waals surface area contributed by atoms with Gasteiger partial charge < -0.3 is 10.6 Å². The molecule has 1 aromatic carbocycles. The highest BCUT2D eigenvalue weighted by atomic mass is 35.5. The number of hydrogen-bond acceptors (Lipinski definition) is 5. The van der Waals surface area contributed by atoms with E-state index in [4.69, 9.17) is 0 Å². The lowest BCUT2D eigenvalue weighted by molar-refractivity contribution is -0.383. The lowest BCUT2D eigenvalue weighted by Gasteiger charge is -2.16. The normalized spacial score (nSPS) is 23.6. The van der Waals surface area contributed by atoms with Crippen LogP contribution in [0, 0.1) is 22.0 Å². The molecule has 1 aromatic rings. The number of benzene rings is 1. The van der Waals surface area contributed by atoms with Crippen LogP contribution >= 0.6 is 12.4 Å². The van der Waals surface area contributed by atoms with Crippen LogP contribution in [-0.4, -0.2) is 48.5 Å². The minimum atomic E-state index is -0.485. The molecule has 3 rings (SSSR count). The Balaban J connectivity index is 0.00000176. The minimum Gasteiger partial charge on any atom is -0.319 e. The van der Waals surface area contributed by atoms with Gasteiger partial charge in [0.25, 0.3) is 5.69 Å². The maximum absolute atomic E-state index is 12.1. The zero-order valence-electron chi connectivity index (χ0n) is 12.0. The molecule has 2 atom stereocenters. The van der Waals surface area contributed by atoms with Gasteiger partial charge in [-0.1, -0.05) is 12.1 Å². The van der Waals surface area contributed by atoms with E-state index in [0.717, 1.165) is 26.2 Å². The Bertz CT molecular complexity index is 557. The quantitative estimate of drug-likeness (QED) is 0.639. The minimum absolute atomic E-state index is 0. The van der Waals surface area contributed by atoms with Crippen LogP contribution in [-0.2, 0) is 4.79 Å². The number of fused-ring (bicyclic) bond motifs is 1. The summed E-state index contributed by atoms with van der Waals surface area (Å²) in [6, 6.07) is 6.21. The molecule has 2 N–H and O–H groups in total.